The first-order chi connectivity index (χ1) is 9.00. The number of aromatic nitrogens is 4. The van der Waals surface area contributed by atoms with Gasteiger partial charge in [0.1, 0.15) is 11.9 Å². The lowest BCUT2D eigenvalue weighted by atomic mass is 10.2. The lowest BCUT2D eigenvalue weighted by Gasteiger charge is -2.16. The lowest BCUT2D eigenvalue weighted by Crippen LogP contribution is -2.25. The molecule has 0 radical (unpaired) electrons. The first-order valence-electron chi connectivity index (χ1n) is 6.09. The third kappa shape index (κ3) is 3.05. The summed E-state index contributed by atoms with van der Waals surface area (Å²) in [5.41, 5.74) is 7.28. The van der Waals surface area contributed by atoms with Crippen LogP contribution in [0.5, 0.6) is 0 Å². The van der Waals surface area contributed by atoms with E-state index < -0.39 is 0 Å². The molecule has 2 aromatic rings. The van der Waals surface area contributed by atoms with Crippen LogP contribution in [-0.2, 0) is 13.6 Å². The summed E-state index contributed by atoms with van der Waals surface area (Å²) in [6.45, 7) is 1.71. The second-order valence-electron chi connectivity index (χ2n) is 4.78. The van der Waals surface area contributed by atoms with Crippen LogP contribution < -0.4 is 5.73 Å². The Morgan fingerprint density at radius 3 is 2.79 bits per heavy atom. The molecule has 0 bridgehead atoms. The monoisotopic (exact) mass is 326 g/mol. The quantitative estimate of drug-likeness (QED) is 0.889. The van der Waals surface area contributed by atoms with E-state index >= 15 is 0 Å². The zero-order chi connectivity index (χ0) is 14.0. The fourth-order valence-electron chi connectivity index (χ4n) is 1.95. The molecule has 2 N–H and O–H groups in total. The molecular formula is C12H19BrN6. The summed E-state index contributed by atoms with van der Waals surface area (Å²) < 4.78 is 4.78. The largest absolute Gasteiger partial charge is 0.336 e. The molecule has 0 aliphatic carbocycles. The van der Waals surface area contributed by atoms with E-state index in [1.807, 2.05) is 36.6 Å². The fourth-order valence-corrected chi connectivity index (χ4v) is 2.50. The Hall–Kier alpha value is -1.18. The maximum atomic E-state index is 6.33. The molecule has 0 saturated carbocycles. The van der Waals surface area contributed by atoms with Gasteiger partial charge >= 0.3 is 0 Å². The lowest BCUT2D eigenvalue weighted by molar-refractivity contribution is 0.367. The molecule has 1 atom stereocenters. The van der Waals surface area contributed by atoms with Gasteiger partial charge in [-0.3, -0.25) is 4.68 Å². The molecule has 0 aliphatic rings. The average Bonchev–Trinajstić information content (AvgIpc) is 2.92. The van der Waals surface area contributed by atoms with Gasteiger partial charge in [0, 0.05) is 26.0 Å². The van der Waals surface area contributed by atoms with Gasteiger partial charge in [0.15, 0.2) is 0 Å². The maximum Gasteiger partial charge on any atom is 0.131 e. The van der Waals surface area contributed by atoms with E-state index in [-0.39, 0.29) is 6.04 Å². The van der Waals surface area contributed by atoms with Crippen LogP contribution in [0.25, 0.3) is 0 Å². The van der Waals surface area contributed by atoms with Crippen LogP contribution in [0.4, 0.5) is 0 Å². The third-order valence-electron chi connectivity index (χ3n) is 3.02. The molecule has 2 heterocycles. The van der Waals surface area contributed by atoms with Crippen LogP contribution in [0.2, 0.25) is 0 Å². The van der Waals surface area contributed by atoms with Crippen LogP contribution in [0.15, 0.2) is 23.1 Å². The highest BCUT2D eigenvalue weighted by Crippen LogP contribution is 2.25. The van der Waals surface area contributed by atoms with E-state index in [0.717, 1.165) is 29.1 Å². The molecule has 19 heavy (non-hydrogen) atoms. The van der Waals surface area contributed by atoms with Crippen molar-refractivity contribution < 1.29 is 0 Å². The molecule has 0 fully saturated rings. The van der Waals surface area contributed by atoms with Crippen LogP contribution in [0, 0.1) is 0 Å². The molecular weight excluding hydrogens is 308 g/mol. The van der Waals surface area contributed by atoms with E-state index in [0.29, 0.717) is 0 Å². The van der Waals surface area contributed by atoms with Crippen molar-refractivity contribution in [1.82, 2.24) is 24.2 Å². The molecule has 1 unspecified atom stereocenters. The molecule has 0 spiro atoms. The van der Waals surface area contributed by atoms with Crippen LogP contribution >= 0.6 is 15.9 Å². The Labute approximate surface area is 121 Å². The number of imidazole rings is 1. The SMILES string of the molecule is CN(C)CCn1ncc(Br)c1C(N)c1nccn1C. The Morgan fingerprint density at radius 1 is 1.47 bits per heavy atom. The van der Waals surface area contributed by atoms with Crippen molar-refractivity contribution in [3.8, 4) is 0 Å². The van der Waals surface area contributed by atoms with Gasteiger partial charge in [0.25, 0.3) is 0 Å². The summed E-state index contributed by atoms with van der Waals surface area (Å²) in [6, 6.07) is -0.293. The standard InChI is InChI=1S/C12H19BrN6/c1-17(2)6-7-19-11(9(13)8-16-19)10(14)12-15-4-5-18(12)3/h4-5,8,10H,6-7,14H2,1-3H3. The molecule has 0 saturated heterocycles. The molecule has 2 rings (SSSR count). The van der Waals surface area contributed by atoms with Crippen molar-refractivity contribution >= 4 is 15.9 Å². The van der Waals surface area contributed by atoms with Crippen molar-refractivity contribution in [2.45, 2.75) is 12.6 Å². The number of likely N-dealkylation sites (N-methyl/N-ethyl adjacent to an activating group) is 1. The van der Waals surface area contributed by atoms with Crippen molar-refractivity contribution in [3.05, 3.63) is 34.6 Å². The number of rotatable bonds is 5. The number of hydrogen-bond donors (Lipinski definition) is 1. The van der Waals surface area contributed by atoms with Gasteiger partial charge in [-0.15, -0.1) is 0 Å². The summed E-state index contributed by atoms with van der Waals surface area (Å²) in [4.78, 5) is 6.43. The van der Waals surface area contributed by atoms with E-state index in [1.165, 1.54) is 0 Å². The van der Waals surface area contributed by atoms with Crippen molar-refractivity contribution in [3.63, 3.8) is 0 Å². The van der Waals surface area contributed by atoms with Crippen LogP contribution in [0.3, 0.4) is 0 Å². The van der Waals surface area contributed by atoms with Gasteiger partial charge in [-0.25, -0.2) is 4.98 Å². The molecule has 0 aromatic carbocycles. The smallest absolute Gasteiger partial charge is 0.131 e. The molecule has 6 nitrogen and oxygen atoms in total. The Kier molecular flexibility index (Phi) is 4.38. The van der Waals surface area contributed by atoms with Gasteiger partial charge in [-0.2, -0.15) is 5.10 Å². The minimum absolute atomic E-state index is 0.293. The average molecular weight is 327 g/mol. The number of aryl methyl sites for hydroxylation is 1. The zero-order valence-corrected chi connectivity index (χ0v) is 13.0. The predicted molar refractivity (Wildman–Crippen MR) is 77.7 cm³/mol. The van der Waals surface area contributed by atoms with Crippen LogP contribution in [0.1, 0.15) is 17.6 Å². The van der Waals surface area contributed by atoms with E-state index in [2.05, 4.69) is 30.9 Å². The van der Waals surface area contributed by atoms with E-state index in [1.54, 1.807) is 12.4 Å². The van der Waals surface area contributed by atoms with Gasteiger partial charge in [-0.1, -0.05) is 0 Å². The minimum atomic E-state index is -0.293. The Bertz CT molecular complexity index is 544. The first kappa shape index (κ1) is 14.2. The highest BCUT2D eigenvalue weighted by molar-refractivity contribution is 9.10. The summed E-state index contributed by atoms with van der Waals surface area (Å²) in [6.07, 6.45) is 5.43. The van der Waals surface area contributed by atoms with Crippen LogP contribution in [-0.4, -0.2) is 44.9 Å². The Morgan fingerprint density at radius 2 is 2.21 bits per heavy atom. The summed E-state index contributed by atoms with van der Waals surface area (Å²) >= 11 is 3.52. The topological polar surface area (TPSA) is 64.9 Å². The van der Waals surface area contributed by atoms with Crippen molar-refractivity contribution in [2.24, 2.45) is 12.8 Å². The first-order valence-corrected chi connectivity index (χ1v) is 6.88. The van der Waals surface area contributed by atoms with Gasteiger partial charge in [-0.05, 0) is 30.0 Å². The molecule has 7 heteroatoms. The third-order valence-corrected chi connectivity index (χ3v) is 3.63. The van der Waals surface area contributed by atoms with Gasteiger partial charge in [0.05, 0.1) is 22.9 Å². The number of nitrogens with two attached hydrogens (primary N) is 1. The zero-order valence-electron chi connectivity index (χ0n) is 11.4. The second-order valence-corrected chi connectivity index (χ2v) is 5.63. The number of halogens is 1. The van der Waals surface area contributed by atoms with Crippen molar-refractivity contribution in [1.29, 1.82) is 0 Å². The highest BCUT2D eigenvalue weighted by Gasteiger charge is 2.21. The number of nitrogens with zero attached hydrogens (tertiary/aromatic N) is 5. The van der Waals surface area contributed by atoms with Gasteiger partial charge < -0.3 is 15.2 Å². The van der Waals surface area contributed by atoms with Crippen molar-refractivity contribution in [2.75, 3.05) is 20.6 Å². The molecule has 104 valence electrons. The van der Waals surface area contributed by atoms with Gasteiger partial charge in [0.2, 0.25) is 0 Å². The summed E-state index contributed by atoms with van der Waals surface area (Å²) in [7, 11) is 6.02. The molecule has 0 aliphatic heterocycles. The minimum Gasteiger partial charge on any atom is -0.336 e. The van der Waals surface area contributed by atoms with E-state index in [4.69, 9.17) is 5.73 Å². The maximum absolute atomic E-state index is 6.33. The van der Waals surface area contributed by atoms with E-state index in [9.17, 15) is 0 Å². The fraction of sp³-hybridized carbons (Fsp3) is 0.500. The summed E-state index contributed by atoms with van der Waals surface area (Å²) in [5, 5.41) is 4.37. The Balaban J connectivity index is 2.28. The number of hydrogen-bond acceptors (Lipinski definition) is 4. The predicted octanol–water partition coefficient (Wildman–Crippen LogP) is 0.989. The second kappa shape index (κ2) is 5.85. The highest BCUT2D eigenvalue weighted by atomic mass is 79.9. The summed E-state index contributed by atoms with van der Waals surface area (Å²) in [5.74, 6) is 0.826. The normalized spacial score (nSPS) is 13.2. The molecule has 2 aromatic heterocycles. The molecule has 0 amide bonds.